The van der Waals surface area contributed by atoms with Gasteiger partial charge in [-0.2, -0.15) is 0 Å². The SMILES string of the molecule is CC(=O)NC1=CC2C(=O)NNC=C3C(CO[Si](c4ccccc4)(c4ccccc4)C(C)(C)C)=NC(=C1)C32. The quantitative estimate of drug-likeness (QED) is 0.519. The first kappa shape index (κ1) is 24.9. The van der Waals surface area contributed by atoms with Gasteiger partial charge in [-0.1, -0.05) is 81.4 Å². The Morgan fingerprint density at radius 3 is 2.24 bits per heavy atom. The van der Waals surface area contributed by atoms with E-state index in [1.165, 1.54) is 17.3 Å². The molecule has 1 aliphatic carbocycles. The molecule has 0 spiro atoms. The number of carbonyl (C=O) groups excluding carboxylic acids is 2. The number of hydrogen-bond acceptors (Lipinski definition) is 5. The predicted molar refractivity (Wildman–Crippen MR) is 147 cm³/mol. The number of rotatable bonds is 6. The largest absolute Gasteiger partial charge is 0.401 e. The molecule has 8 heteroatoms. The Kier molecular flexibility index (Phi) is 6.47. The van der Waals surface area contributed by atoms with Crippen molar-refractivity contribution in [2.24, 2.45) is 16.8 Å². The molecule has 37 heavy (non-hydrogen) atoms. The van der Waals surface area contributed by atoms with Crippen LogP contribution in [-0.2, 0) is 14.0 Å². The van der Waals surface area contributed by atoms with Gasteiger partial charge in [-0.05, 0) is 27.6 Å². The maximum absolute atomic E-state index is 12.9. The number of hydrazine groups is 1. The van der Waals surface area contributed by atoms with E-state index in [9.17, 15) is 9.59 Å². The van der Waals surface area contributed by atoms with Crippen molar-refractivity contribution in [3.63, 3.8) is 0 Å². The highest BCUT2D eigenvalue weighted by Crippen LogP contribution is 2.42. The molecule has 2 amide bonds. The third kappa shape index (κ3) is 4.47. The summed E-state index contributed by atoms with van der Waals surface area (Å²) < 4.78 is 7.13. The minimum Gasteiger partial charge on any atom is -0.401 e. The lowest BCUT2D eigenvalue weighted by atomic mass is 9.80. The van der Waals surface area contributed by atoms with Gasteiger partial charge in [-0.15, -0.1) is 0 Å². The van der Waals surface area contributed by atoms with Gasteiger partial charge in [0.05, 0.1) is 23.9 Å². The van der Waals surface area contributed by atoms with Crippen LogP contribution in [0.4, 0.5) is 0 Å². The van der Waals surface area contributed by atoms with E-state index >= 15 is 0 Å². The van der Waals surface area contributed by atoms with Crippen molar-refractivity contribution in [1.29, 1.82) is 0 Å². The predicted octanol–water partition coefficient (Wildman–Crippen LogP) is 2.69. The molecule has 2 atom stereocenters. The van der Waals surface area contributed by atoms with Gasteiger partial charge in [0.15, 0.2) is 0 Å². The summed E-state index contributed by atoms with van der Waals surface area (Å²) in [6.45, 7) is 8.48. The maximum Gasteiger partial charge on any atom is 0.261 e. The van der Waals surface area contributed by atoms with E-state index < -0.39 is 14.2 Å². The number of amides is 2. The molecule has 0 aromatic heterocycles. The Morgan fingerprint density at radius 1 is 1.05 bits per heavy atom. The van der Waals surface area contributed by atoms with E-state index in [-0.39, 0.29) is 22.8 Å². The van der Waals surface area contributed by atoms with Gasteiger partial charge in [-0.3, -0.25) is 20.0 Å². The van der Waals surface area contributed by atoms with Gasteiger partial charge in [0.2, 0.25) is 11.8 Å². The lowest BCUT2D eigenvalue weighted by Crippen LogP contribution is -2.67. The van der Waals surface area contributed by atoms with Crippen molar-refractivity contribution in [2.45, 2.75) is 32.7 Å². The molecule has 0 saturated heterocycles. The van der Waals surface area contributed by atoms with E-state index in [0.717, 1.165) is 17.0 Å². The average molecular weight is 513 g/mol. The van der Waals surface area contributed by atoms with Gasteiger partial charge in [0.25, 0.3) is 8.32 Å². The number of allylic oxidation sites excluding steroid dienone is 2. The zero-order chi connectivity index (χ0) is 26.2. The Labute approximate surface area is 218 Å². The first-order valence-electron chi connectivity index (χ1n) is 12.5. The first-order chi connectivity index (χ1) is 17.7. The number of carbonyl (C=O) groups is 2. The molecule has 0 saturated carbocycles. The topological polar surface area (TPSA) is 91.8 Å². The summed E-state index contributed by atoms with van der Waals surface area (Å²) in [6.07, 6.45) is 5.46. The molecule has 2 heterocycles. The smallest absolute Gasteiger partial charge is 0.261 e. The third-order valence-electron chi connectivity index (χ3n) is 7.16. The zero-order valence-corrected chi connectivity index (χ0v) is 22.5. The highest BCUT2D eigenvalue weighted by molar-refractivity contribution is 6.99. The van der Waals surface area contributed by atoms with Crippen LogP contribution in [0.15, 0.2) is 101 Å². The molecule has 0 bridgehead atoms. The molecule has 3 aliphatic rings. The van der Waals surface area contributed by atoms with Crippen LogP contribution in [-0.4, -0.2) is 32.5 Å². The van der Waals surface area contributed by atoms with Gasteiger partial charge < -0.3 is 15.2 Å². The van der Waals surface area contributed by atoms with Crippen molar-refractivity contribution < 1.29 is 14.0 Å². The van der Waals surface area contributed by atoms with Crippen LogP contribution < -0.4 is 26.5 Å². The van der Waals surface area contributed by atoms with E-state index in [0.29, 0.717) is 12.3 Å². The molecule has 2 aliphatic heterocycles. The monoisotopic (exact) mass is 512 g/mol. The van der Waals surface area contributed by atoms with E-state index in [2.05, 4.69) is 85.5 Å². The van der Waals surface area contributed by atoms with Gasteiger partial charge in [0.1, 0.15) is 0 Å². The Morgan fingerprint density at radius 2 is 1.68 bits per heavy atom. The van der Waals surface area contributed by atoms with Crippen molar-refractivity contribution in [3.8, 4) is 0 Å². The van der Waals surface area contributed by atoms with Gasteiger partial charge >= 0.3 is 0 Å². The molecular formula is C29H32N4O3Si. The van der Waals surface area contributed by atoms with Crippen LogP contribution in [0.5, 0.6) is 0 Å². The second-order valence-electron chi connectivity index (χ2n) is 10.6. The molecule has 190 valence electrons. The van der Waals surface area contributed by atoms with Crippen molar-refractivity contribution in [1.82, 2.24) is 16.2 Å². The fraction of sp³-hybridized carbons (Fsp3) is 0.276. The molecule has 2 aromatic rings. The Balaban J connectivity index is 1.56. The highest BCUT2D eigenvalue weighted by Gasteiger charge is 2.51. The summed E-state index contributed by atoms with van der Waals surface area (Å²) in [5.41, 5.74) is 8.70. The normalized spacial score (nSPS) is 20.8. The summed E-state index contributed by atoms with van der Waals surface area (Å²) in [7, 11) is -2.77. The second-order valence-corrected chi connectivity index (χ2v) is 14.9. The maximum atomic E-state index is 12.9. The van der Waals surface area contributed by atoms with Crippen molar-refractivity contribution in [2.75, 3.05) is 6.61 Å². The lowest BCUT2D eigenvalue weighted by molar-refractivity contribution is -0.125. The minimum atomic E-state index is -2.77. The first-order valence-corrected chi connectivity index (χ1v) is 14.4. The van der Waals surface area contributed by atoms with Crippen molar-refractivity contribution >= 4 is 36.2 Å². The molecule has 7 nitrogen and oxygen atoms in total. The number of hydrogen-bond donors (Lipinski definition) is 3. The molecule has 3 N–H and O–H groups in total. The zero-order valence-electron chi connectivity index (χ0n) is 21.5. The summed E-state index contributed by atoms with van der Waals surface area (Å²) in [5.74, 6) is -1.08. The van der Waals surface area contributed by atoms with E-state index in [1.54, 1.807) is 6.08 Å². The molecule has 2 unspecified atom stereocenters. The van der Waals surface area contributed by atoms with Crippen LogP contribution in [0.1, 0.15) is 27.7 Å². The van der Waals surface area contributed by atoms with Crippen molar-refractivity contribution in [3.05, 3.63) is 96.0 Å². The Bertz CT molecular complexity index is 1300. The fourth-order valence-corrected chi connectivity index (χ4v) is 10.1. The standard InChI is InChI=1S/C29H32N4O3Si/c1-19(34)31-20-15-23-27-24(17-30-33-28(23)35)26(32-25(27)16-20)18-36-37(29(2,3)4,21-11-7-5-8-12-21)22-13-9-6-10-14-22/h5-17,23,27,30H,18H2,1-4H3,(H,31,34)(H,33,35). The van der Waals surface area contributed by atoms with Crippen LogP contribution >= 0.6 is 0 Å². The third-order valence-corrected chi connectivity index (χ3v) is 12.1. The van der Waals surface area contributed by atoms with Crippen LogP contribution in [0.2, 0.25) is 5.04 Å². The number of nitrogens with one attached hydrogen (secondary N) is 3. The Hall–Kier alpha value is -3.75. The summed E-state index contributed by atoms with van der Waals surface area (Å²) in [6, 6.07) is 21.0. The van der Waals surface area contributed by atoms with Crippen LogP contribution in [0.25, 0.3) is 0 Å². The number of benzene rings is 2. The van der Waals surface area contributed by atoms with Crippen LogP contribution in [0.3, 0.4) is 0 Å². The van der Waals surface area contributed by atoms with Gasteiger partial charge in [0, 0.05) is 30.3 Å². The minimum absolute atomic E-state index is 0.169. The van der Waals surface area contributed by atoms with Gasteiger partial charge in [-0.25, -0.2) is 0 Å². The lowest BCUT2D eigenvalue weighted by Gasteiger charge is -2.43. The molecule has 0 fully saturated rings. The van der Waals surface area contributed by atoms with Crippen LogP contribution in [0, 0.1) is 11.8 Å². The molecule has 2 aromatic carbocycles. The molecule has 0 radical (unpaired) electrons. The number of nitrogens with zero attached hydrogens (tertiary/aromatic N) is 1. The summed E-state index contributed by atoms with van der Waals surface area (Å²) >= 11 is 0. The molecular weight excluding hydrogens is 480 g/mol. The molecule has 5 rings (SSSR count). The second kappa shape index (κ2) is 9.61. The number of aliphatic imine (C=N–C) groups is 1. The highest BCUT2D eigenvalue weighted by atomic mass is 28.4. The summed E-state index contributed by atoms with van der Waals surface area (Å²) in [5, 5.41) is 5.03. The average Bonchev–Trinajstić information content (AvgIpc) is 3.11. The summed E-state index contributed by atoms with van der Waals surface area (Å²) in [4.78, 5) is 29.5. The van der Waals surface area contributed by atoms with E-state index in [1.807, 2.05) is 24.4 Å². The fourth-order valence-electron chi connectivity index (χ4n) is 5.63. The van der Waals surface area contributed by atoms with E-state index in [4.69, 9.17) is 9.42 Å².